The van der Waals surface area contributed by atoms with Crippen molar-refractivity contribution in [1.82, 2.24) is 19.2 Å². The van der Waals surface area contributed by atoms with Gasteiger partial charge in [-0.3, -0.25) is 9.20 Å². The van der Waals surface area contributed by atoms with Crippen LogP contribution in [0.25, 0.3) is 16.9 Å². The highest BCUT2D eigenvalue weighted by Gasteiger charge is 2.31. The van der Waals surface area contributed by atoms with Crippen LogP contribution in [0, 0.1) is 0 Å². The van der Waals surface area contributed by atoms with Crippen LogP contribution in [0.2, 0.25) is 0 Å². The summed E-state index contributed by atoms with van der Waals surface area (Å²) in [4.78, 5) is 20.1. The molecule has 0 fully saturated rings. The van der Waals surface area contributed by atoms with Gasteiger partial charge in [0.05, 0.1) is 24.0 Å². The zero-order chi connectivity index (χ0) is 24.4. The molecule has 0 radical (unpaired) electrons. The Morgan fingerprint density at radius 1 is 1.18 bits per heavy atom. The molecule has 1 aliphatic heterocycles. The smallest absolute Gasteiger partial charge is 0.387 e. The van der Waals surface area contributed by atoms with Gasteiger partial charge in [-0.1, -0.05) is 0 Å². The maximum absolute atomic E-state index is 13.1. The monoisotopic (exact) mass is 480 g/mol. The molecule has 1 aromatic carbocycles. The van der Waals surface area contributed by atoms with E-state index in [1.54, 1.807) is 35.0 Å². The Hall–Kier alpha value is -3.34. The van der Waals surface area contributed by atoms with Crippen LogP contribution in [-0.2, 0) is 6.42 Å². The lowest BCUT2D eigenvalue weighted by Crippen LogP contribution is -2.40. The molecule has 2 aromatic heterocycles. The normalized spacial score (nSPS) is 13.9. The standard InChI is InChI=1S/C23H24F4N4O3/c1-29(2)7-8-33-16-4-6-31-17(12-28-20(31)11-16)15-9-14-3-5-30(13-19(24)25)22(32)21(14)18(10-15)34-23(26)27/h4,6,9-12,19,23H,3,5,7-8,13H2,1-2H3. The van der Waals surface area contributed by atoms with E-state index in [-0.39, 0.29) is 24.3 Å². The lowest BCUT2D eigenvalue weighted by molar-refractivity contribution is -0.0504. The van der Waals surface area contributed by atoms with Gasteiger partial charge in [0.1, 0.15) is 23.8 Å². The minimum absolute atomic E-state index is 0.0640. The number of halogens is 4. The Morgan fingerprint density at radius 2 is 1.97 bits per heavy atom. The van der Waals surface area contributed by atoms with Crippen molar-refractivity contribution < 1.29 is 31.8 Å². The van der Waals surface area contributed by atoms with Gasteiger partial charge in [-0.2, -0.15) is 8.78 Å². The Labute approximate surface area is 193 Å². The van der Waals surface area contributed by atoms with Gasteiger partial charge in [0.25, 0.3) is 12.3 Å². The van der Waals surface area contributed by atoms with Crippen molar-refractivity contribution >= 4 is 11.6 Å². The van der Waals surface area contributed by atoms with Crippen molar-refractivity contribution in [2.75, 3.05) is 40.3 Å². The molecule has 0 saturated heterocycles. The zero-order valence-electron chi connectivity index (χ0n) is 18.7. The number of nitrogens with zero attached hydrogens (tertiary/aromatic N) is 4. The maximum Gasteiger partial charge on any atom is 0.387 e. The molecule has 0 unspecified atom stereocenters. The quantitative estimate of drug-likeness (QED) is 0.436. The van der Waals surface area contributed by atoms with E-state index in [0.717, 1.165) is 11.4 Å². The van der Waals surface area contributed by atoms with Gasteiger partial charge in [0.2, 0.25) is 0 Å². The second kappa shape index (κ2) is 9.88. The van der Waals surface area contributed by atoms with Gasteiger partial charge in [0.15, 0.2) is 0 Å². The number of amides is 1. The molecule has 182 valence electrons. The van der Waals surface area contributed by atoms with Gasteiger partial charge in [-0.05, 0) is 44.3 Å². The molecular formula is C23H24F4N4O3. The number of fused-ring (bicyclic) bond motifs is 2. The van der Waals surface area contributed by atoms with Crippen LogP contribution < -0.4 is 9.47 Å². The minimum atomic E-state index is -3.18. The highest BCUT2D eigenvalue weighted by Crippen LogP contribution is 2.35. The first-order chi connectivity index (χ1) is 16.2. The molecule has 11 heteroatoms. The first kappa shape index (κ1) is 23.8. The third-order valence-electron chi connectivity index (χ3n) is 5.50. The summed E-state index contributed by atoms with van der Waals surface area (Å²) >= 11 is 0. The fraction of sp³-hybridized carbons (Fsp3) is 0.391. The van der Waals surface area contributed by atoms with Crippen molar-refractivity contribution in [3.05, 3.63) is 47.8 Å². The van der Waals surface area contributed by atoms with Crippen LogP contribution in [0.15, 0.2) is 36.7 Å². The highest BCUT2D eigenvalue weighted by atomic mass is 19.3. The Bertz CT molecular complexity index is 1180. The van der Waals surface area contributed by atoms with Gasteiger partial charge in [0, 0.05) is 30.9 Å². The SMILES string of the molecule is CN(C)CCOc1ccn2c(-c3cc4c(c(OC(F)F)c3)C(=O)N(CC(F)F)CC4)cnc2c1. The number of rotatable bonds is 9. The fourth-order valence-electron chi connectivity index (χ4n) is 3.92. The van der Waals surface area contributed by atoms with Gasteiger partial charge >= 0.3 is 6.61 Å². The topological polar surface area (TPSA) is 59.3 Å². The average molecular weight is 480 g/mol. The van der Waals surface area contributed by atoms with E-state index in [2.05, 4.69) is 9.72 Å². The van der Waals surface area contributed by atoms with E-state index in [0.29, 0.717) is 34.8 Å². The summed E-state index contributed by atoms with van der Waals surface area (Å²) in [6, 6.07) is 6.55. The van der Waals surface area contributed by atoms with E-state index in [9.17, 15) is 22.4 Å². The number of likely N-dealkylation sites (N-methyl/N-ethyl adjacent to an activating group) is 1. The lowest BCUT2D eigenvalue weighted by Gasteiger charge is -2.30. The maximum atomic E-state index is 13.1. The molecule has 34 heavy (non-hydrogen) atoms. The van der Waals surface area contributed by atoms with E-state index < -0.39 is 25.5 Å². The van der Waals surface area contributed by atoms with Crippen molar-refractivity contribution in [3.8, 4) is 22.8 Å². The van der Waals surface area contributed by atoms with E-state index in [4.69, 9.17) is 4.74 Å². The number of alkyl halides is 4. The number of benzene rings is 1. The largest absolute Gasteiger partial charge is 0.492 e. The third kappa shape index (κ3) is 5.09. The Kier molecular flexibility index (Phi) is 6.92. The number of carbonyl (C=O) groups excluding carboxylic acids is 1. The molecule has 1 aliphatic rings. The lowest BCUT2D eigenvalue weighted by atomic mass is 9.94. The molecule has 0 aliphatic carbocycles. The molecule has 1 amide bonds. The average Bonchev–Trinajstić information content (AvgIpc) is 3.18. The van der Waals surface area contributed by atoms with Crippen molar-refractivity contribution in [2.45, 2.75) is 19.5 Å². The number of aromatic nitrogens is 2. The molecule has 0 atom stereocenters. The molecular weight excluding hydrogens is 456 g/mol. The number of pyridine rings is 1. The van der Waals surface area contributed by atoms with Gasteiger partial charge < -0.3 is 19.3 Å². The Morgan fingerprint density at radius 3 is 2.68 bits per heavy atom. The molecule has 3 heterocycles. The Balaban J connectivity index is 1.69. The van der Waals surface area contributed by atoms with Crippen LogP contribution in [0.1, 0.15) is 15.9 Å². The summed E-state index contributed by atoms with van der Waals surface area (Å²) in [5.74, 6) is -0.449. The highest BCUT2D eigenvalue weighted by molar-refractivity contribution is 6.00. The van der Waals surface area contributed by atoms with Crippen LogP contribution in [0.3, 0.4) is 0 Å². The summed E-state index contributed by atoms with van der Waals surface area (Å²) in [5.41, 5.74) is 2.05. The number of carbonyl (C=O) groups is 1. The van der Waals surface area contributed by atoms with E-state index in [1.807, 2.05) is 19.0 Å². The van der Waals surface area contributed by atoms with Crippen molar-refractivity contribution in [1.29, 1.82) is 0 Å². The summed E-state index contributed by atoms with van der Waals surface area (Å²) in [7, 11) is 3.89. The molecule has 0 N–H and O–H groups in total. The third-order valence-corrected chi connectivity index (χ3v) is 5.50. The second-order valence-corrected chi connectivity index (χ2v) is 8.17. The number of hydrogen-bond acceptors (Lipinski definition) is 5. The predicted octanol–water partition coefficient (Wildman–Crippen LogP) is 3.81. The summed E-state index contributed by atoms with van der Waals surface area (Å²) < 4.78 is 64.1. The van der Waals surface area contributed by atoms with Crippen LogP contribution in [-0.4, -0.2) is 78.5 Å². The van der Waals surface area contributed by atoms with Crippen LogP contribution in [0.4, 0.5) is 17.6 Å². The van der Waals surface area contributed by atoms with E-state index in [1.165, 1.54) is 6.07 Å². The van der Waals surface area contributed by atoms with Crippen molar-refractivity contribution in [3.63, 3.8) is 0 Å². The van der Waals surface area contributed by atoms with Crippen LogP contribution >= 0.6 is 0 Å². The summed E-state index contributed by atoms with van der Waals surface area (Å²) in [6.45, 7) is -2.62. The molecule has 3 aromatic rings. The first-order valence-electron chi connectivity index (χ1n) is 10.7. The van der Waals surface area contributed by atoms with Crippen LogP contribution in [0.5, 0.6) is 11.5 Å². The molecule has 4 rings (SSSR count). The fourth-order valence-corrected chi connectivity index (χ4v) is 3.92. The molecule has 7 nitrogen and oxygen atoms in total. The second-order valence-electron chi connectivity index (χ2n) is 8.17. The molecule has 0 saturated carbocycles. The zero-order valence-corrected chi connectivity index (χ0v) is 18.7. The minimum Gasteiger partial charge on any atom is -0.492 e. The van der Waals surface area contributed by atoms with Crippen molar-refractivity contribution in [2.24, 2.45) is 0 Å². The molecule has 0 bridgehead atoms. The number of ether oxygens (including phenoxy) is 2. The molecule has 0 spiro atoms. The first-order valence-corrected chi connectivity index (χ1v) is 10.7. The number of hydrogen-bond donors (Lipinski definition) is 0. The predicted molar refractivity (Wildman–Crippen MR) is 117 cm³/mol. The summed E-state index contributed by atoms with van der Waals surface area (Å²) in [6.07, 6.45) is 0.854. The summed E-state index contributed by atoms with van der Waals surface area (Å²) in [5, 5.41) is 0. The van der Waals surface area contributed by atoms with Gasteiger partial charge in [-0.15, -0.1) is 0 Å². The number of imidazole rings is 1. The van der Waals surface area contributed by atoms with Gasteiger partial charge in [-0.25, -0.2) is 13.8 Å². The van der Waals surface area contributed by atoms with E-state index >= 15 is 0 Å².